The predicted octanol–water partition coefficient (Wildman–Crippen LogP) is 6.05. The van der Waals surface area contributed by atoms with Crippen molar-refractivity contribution in [3.63, 3.8) is 0 Å². The summed E-state index contributed by atoms with van der Waals surface area (Å²) < 4.78 is 11.6. The monoisotopic (exact) mass is 485 g/mol. The van der Waals surface area contributed by atoms with Crippen molar-refractivity contribution in [2.75, 3.05) is 6.61 Å². The lowest BCUT2D eigenvalue weighted by molar-refractivity contribution is -0.138. The Morgan fingerprint density at radius 3 is 2.40 bits per heavy atom. The second-order valence-corrected chi connectivity index (χ2v) is 8.87. The van der Waals surface area contributed by atoms with Gasteiger partial charge in [-0.05, 0) is 37.6 Å². The molecule has 0 saturated carbocycles. The molecule has 0 amide bonds. The average molecular weight is 486 g/mol. The minimum absolute atomic E-state index is 0.102. The Morgan fingerprint density at radius 1 is 0.971 bits per heavy atom. The van der Waals surface area contributed by atoms with E-state index in [2.05, 4.69) is 5.32 Å². The number of esters is 1. The molecule has 0 fully saturated rings. The van der Waals surface area contributed by atoms with Crippen LogP contribution < -0.4 is 10.1 Å². The summed E-state index contributed by atoms with van der Waals surface area (Å²) in [5, 5.41) is 3.98. The Labute approximate surface area is 209 Å². The highest BCUT2D eigenvalue weighted by Gasteiger charge is 2.43. The average Bonchev–Trinajstić information content (AvgIpc) is 3.15. The normalized spacial score (nSPS) is 16.5. The lowest BCUT2D eigenvalue weighted by Crippen LogP contribution is -2.29. The van der Waals surface area contributed by atoms with Crippen LogP contribution in [0, 0.1) is 0 Å². The standard InChI is InChI=1S/C29H24ClNO4/c1-3-34-29(33)24-17(2)31-27-20-8-4-5-9-21(20)28(32)26(27)25(24)22-10-6-7-11-23(22)35-16-18-12-14-19(30)15-13-18/h4-15,25,31H,3,16H2,1-2H3/t25-/m1/s1. The number of hydrogen-bond donors (Lipinski definition) is 1. The third kappa shape index (κ3) is 4.13. The van der Waals surface area contributed by atoms with Crippen molar-refractivity contribution in [2.45, 2.75) is 26.4 Å². The number of dihydropyridines is 1. The number of halogens is 1. The van der Waals surface area contributed by atoms with Crippen molar-refractivity contribution >= 4 is 29.1 Å². The van der Waals surface area contributed by atoms with E-state index in [0.29, 0.717) is 39.8 Å². The number of rotatable bonds is 6. The lowest BCUT2D eigenvalue weighted by Gasteiger charge is -2.30. The van der Waals surface area contributed by atoms with E-state index in [-0.39, 0.29) is 12.4 Å². The van der Waals surface area contributed by atoms with Gasteiger partial charge in [-0.1, -0.05) is 66.2 Å². The van der Waals surface area contributed by atoms with Crippen LogP contribution in [-0.2, 0) is 16.1 Å². The summed E-state index contributed by atoms with van der Waals surface area (Å²) in [4.78, 5) is 26.8. The van der Waals surface area contributed by atoms with Crippen LogP contribution >= 0.6 is 11.6 Å². The first-order valence-electron chi connectivity index (χ1n) is 11.5. The Kier molecular flexibility index (Phi) is 6.18. The number of carbonyl (C=O) groups excluding carboxylic acids is 2. The van der Waals surface area contributed by atoms with Crippen molar-refractivity contribution in [3.8, 4) is 5.75 Å². The molecule has 1 atom stereocenters. The second-order valence-electron chi connectivity index (χ2n) is 8.43. The summed E-state index contributed by atoms with van der Waals surface area (Å²) >= 11 is 6.01. The van der Waals surface area contributed by atoms with Crippen molar-refractivity contribution in [2.24, 2.45) is 0 Å². The summed E-state index contributed by atoms with van der Waals surface area (Å²) in [5.74, 6) is -0.591. The van der Waals surface area contributed by atoms with Gasteiger partial charge in [-0.15, -0.1) is 0 Å². The number of hydrogen-bond acceptors (Lipinski definition) is 5. The minimum Gasteiger partial charge on any atom is -0.489 e. The largest absolute Gasteiger partial charge is 0.489 e. The molecule has 0 unspecified atom stereocenters. The van der Waals surface area contributed by atoms with Crippen LogP contribution in [0.5, 0.6) is 5.75 Å². The number of fused-ring (bicyclic) bond motifs is 2. The van der Waals surface area contributed by atoms with Crippen LogP contribution in [0.15, 0.2) is 89.6 Å². The predicted molar refractivity (Wildman–Crippen MR) is 135 cm³/mol. The lowest BCUT2D eigenvalue weighted by atomic mass is 9.79. The third-order valence-corrected chi connectivity index (χ3v) is 6.53. The molecule has 176 valence electrons. The molecule has 35 heavy (non-hydrogen) atoms. The fourth-order valence-electron chi connectivity index (χ4n) is 4.71. The van der Waals surface area contributed by atoms with E-state index in [1.54, 1.807) is 6.92 Å². The Morgan fingerprint density at radius 2 is 1.66 bits per heavy atom. The van der Waals surface area contributed by atoms with Gasteiger partial charge in [-0.3, -0.25) is 4.79 Å². The van der Waals surface area contributed by atoms with Gasteiger partial charge in [0.2, 0.25) is 0 Å². The molecule has 5 rings (SSSR count). The number of carbonyl (C=O) groups is 2. The van der Waals surface area contributed by atoms with E-state index in [9.17, 15) is 9.59 Å². The summed E-state index contributed by atoms with van der Waals surface area (Å²) in [6, 6.07) is 22.5. The summed E-state index contributed by atoms with van der Waals surface area (Å²) in [6.45, 7) is 4.16. The van der Waals surface area contributed by atoms with Crippen LogP contribution in [0.2, 0.25) is 5.02 Å². The first-order chi connectivity index (χ1) is 17.0. The van der Waals surface area contributed by atoms with Gasteiger partial charge in [0, 0.05) is 33.0 Å². The highest BCUT2D eigenvalue weighted by atomic mass is 35.5. The molecule has 1 aliphatic carbocycles. The summed E-state index contributed by atoms with van der Waals surface area (Å²) in [6.07, 6.45) is 0. The number of benzene rings is 3. The van der Waals surface area contributed by atoms with Crippen LogP contribution in [0.4, 0.5) is 0 Å². The molecule has 3 aromatic carbocycles. The van der Waals surface area contributed by atoms with Crippen LogP contribution in [-0.4, -0.2) is 18.4 Å². The van der Waals surface area contributed by atoms with Gasteiger partial charge in [-0.2, -0.15) is 0 Å². The van der Waals surface area contributed by atoms with Crippen LogP contribution in [0.1, 0.15) is 46.8 Å². The van der Waals surface area contributed by atoms with Gasteiger partial charge in [0.1, 0.15) is 12.4 Å². The zero-order valence-corrected chi connectivity index (χ0v) is 20.2. The zero-order valence-electron chi connectivity index (χ0n) is 19.4. The molecular weight excluding hydrogens is 462 g/mol. The molecule has 6 heteroatoms. The molecule has 0 saturated heterocycles. The van der Waals surface area contributed by atoms with Gasteiger partial charge >= 0.3 is 5.97 Å². The molecule has 2 aliphatic rings. The number of allylic oxidation sites excluding steroid dienone is 2. The van der Waals surface area contributed by atoms with E-state index in [4.69, 9.17) is 21.1 Å². The molecule has 1 heterocycles. The maximum Gasteiger partial charge on any atom is 0.336 e. The molecule has 3 aromatic rings. The molecule has 0 aromatic heterocycles. The quantitative estimate of drug-likeness (QED) is 0.430. The minimum atomic E-state index is -0.633. The number of nitrogens with one attached hydrogen (secondary N) is 1. The third-order valence-electron chi connectivity index (χ3n) is 6.28. The fourth-order valence-corrected chi connectivity index (χ4v) is 4.84. The van der Waals surface area contributed by atoms with Crippen LogP contribution in [0.25, 0.3) is 5.70 Å². The Balaban J connectivity index is 1.61. The Bertz CT molecular complexity index is 1390. The topological polar surface area (TPSA) is 64.6 Å². The number of Topliss-reactive ketones (excluding diaryl/α,β-unsaturated/α-hetero) is 1. The molecule has 0 bridgehead atoms. The summed E-state index contributed by atoms with van der Waals surface area (Å²) in [7, 11) is 0. The van der Waals surface area contributed by atoms with Gasteiger partial charge in [0.05, 0.1) is 23.8 Å². The number of para-hydroxylation sites is 1. The molecule has 1 N–H and O–H groups in total. The Hall–Kier alpha value is -3.83. The second kappa shape index (κ2) is 9.43. The summed E-state index contributed by atoms with van der Waals surface area (Å²) in [5.41, 5.74) is 5.47. The van der Waals surface area contributed by atoms with Gasteiger partial charge in [0.25, 0.3) is 0 Å². The van der Waals surface area contributed by atoms with E-state index < -0.39 is 11.9 Å². The van der Waals surface area contributed by atoms with E-state index in [0.717, 1.165) is 22.4 Å². The smallest absolute Gasteiger partial charge is 0.336 e. The first kappa shape index (κ1) is 22.9. The maximum atomic E-state index is 13.6. The molecule has 5 nitrogen and oxygen atoms in total. The molecule has 0 spiro atoms. The van der Waals surface area contributed by atoms with E-state index >= 15 is 0 Å². The fraction of sp³-hybridized carbons (Fsp3) is 0.172. The number of ether oxygens (including phenoxy) is 2. The molecule has 0 radical (unpaired) electrons. The van der Waals surface area contributed by atoms with Crippen molar-refractivity contribution < 1.29 is 19.1 Å². The van der Waals surface area contributed by atoms with Crippen LogP contribution in [0.3, 0.4) is 0 Å². The molecule has 1 aliphatic heterocycles. The molecular formula is C29H24ClNO4. The van der Waals surface area contributed by atoms with Gasteiger partial charge < -0.3 is 14.8 Å². The SMILES string of the molecule is CCOC(=O)C1=C(C)NC2=C(C(=O)c3ccccc32)[C@@H]1c1ccccc1OCc1ccc(Cl)cc1. The highest BCUT2D eigenvalue weighted by molar-refractivity contribution is 6.30. The van der Waals surface area contributed by atoms with Gasteiger partial charge in [-0.25, -0.2) is 4.79 Å². The van der Waals surface area contributed by atoms with Crippen molar-refractivity contribution in [1.82, 2.24) is 5.32 Å². The van der Waals surface area contributed by atoms with Crippen molar-refractivity contribution in [1.29, 1.82) is 0 Å². The zero-order chi connectivity index (χ0) is 24.5. The van der Waals surface area contributed by atoms with Crippen molar-refractivity contribution in [3.05, 3.63) is 117 Å². The van der Waals surface area contributed by atoms with Gasteiger partial charge in [0.15, 0.2) is 5.78 Å². The number of ketones is 1. The highest BCUT2D eigenvalue weighted by Crippen LogP contribution is 2.48. The maximum absolute atomic E-state index is 13.6. The van der Waals surface area contributed by atoms with E-state index in [1.165, 1.54) is 0 Å². The van der Waals surface area contributed by atoms with E-state index in [1.807, 2.05) is 79.7 Å². The first-order valence-corrected chi connectivity index (χ1v) is 11.9.